The van der Waals surface area contributed by atoms with E-state index in [-0.39, 0.29) is 6.03 Å². The van der Waals surface area contributed by atoms with Crippen LogP contribution in [0.2, 0.25) is 0 Å². The average Bonchev–Trinajstić information content (AvgIpc) is 2.55. The van der Waals surface area contributed by atoms with Gasteiger partial charge in [0.1, 0.15) is 5.82 Å². The highest BCUT2D eigenvalue weighted by atomic mass is 16.2. The van der Waals surface area contributed by atoms with E-state index in [0.29, 0.717) is 6.54 Å². The Kier molecular flexibility index (Phi) is 4.58. The van der Waals surface area contributed by atoms with Gasteiger partial charge in [0, 0.05) is 38.3 Å². The molecule has 0 bridgehead atoms. The van der Waals surface area contributed by atoms with Gasteiger partial charge in [0.05, 0.1) is 0 Å². The summed E-state index contributed by atoms with van der Waals surface area (Å²) in [4.78, 5) is 18.6. The summed E-state index contributed by atoms with van der Waals surface area (Å²) < 4.78 is 0. The van der Waals surface area contributed by atoms with Crippen LogP contribution in [-0.4, -0.2) is 42.1 Å². The molecule has 5 heteroatoms. The number of rotatable bonds is 3. The molecule has 0 unspecified atom stereocenters. The van der Waals surface area contributed by atoms with Gasteiger partial charge >= 0.3 is 6.03 Å². The molecule has 1 saturated heterocycles. The van der Waals surface area contributed by atoms with E-state index >= 15 is 0 Å². The van der Waals surface area contributed by atoms with Gasteiger partial charge in [0.2, 0.25) is 0 Å². The molecule has 1 aromatic rings. The third-order valence-corrected chi connectivity index (χ3v) is 4.25. The normalized spacial score (nSPS) is 17.8. The van der Waals surface area contributed by atoms with Crippen molar-refractivity contribution in [1.82, 2.24) is 15.2 Å². The molecule has 0 atom stereocenters. The lowest BCUT2D eigenvalue weighted by Crippen LogP contribution is -2.43. The molecule has 114 valence electrons. The number of nitrogens with zero attached hydrogens (tertiary/aromatic N) is 2. The molecular weight excluding hydrogens is 264 g/mol. The Balaban J connectivity index is 1.47. The SMILES string of the molecule is O=C(NCCc1ccc2c(n1)NCCC2)N1CCCCC1. The summed E-state index contributed by atoms with van der Waals surface area (Å²) in [7, 11) is 0. The molecule has 5 nitrogen and oxygen atoms in total. The molecule has 0 aliphatic carbocycles. The van der Waals surface area contributed by atoms with Crippen LogP contribution in [-0.2, 0) is 12.8 Å². The molecule has 21 heavy (non-hydrogen) atoms. The molecule has 0 radical (unpaired) electrons. The maximum atomic E-state index is 12.0. The molecule has 1 fully saturated rings. The molecule has 0 aromatic carbocycles. The van der Waals surface area contributed by atoms with Crippen molar-refractivity contribution in [2.24, 2.45) is 0 Å². The lowest BCUT2D eigenvalue weighted by Gasteiger charge is -2.26. The number of nitrogens with one attached hydrogen (secondary N) is 2. The summed E-state index contributed by atoms with van der Waals surface area (Å²) in [5, 5.41) is 6.35. The topological polar surface area (TPSA) is 57.3 Å². The molecular formula is C16H24N4O. The van der Waals surface area contributed by atoms with Gasteiger partial charge in [0.15, 0.2) is 0 Å². The van der Waals surface area contributed by atoms with E-state index in [1.165, 1.54) is 18.4 Å². The Morgan fingerprint density at radius 2 is 2.10 bits per heavy atom. The minimum Gasteiger partial charge on any atom is -0.370 e. The monoisotopic (exact) mass is 288 g/mol. The predicted octanol–water partition coefficient (Wildman–Crippen LogP) is 2.18. The molecule has 0 saturated carbocycles. The van der Waals surface area contributed by atoms with Crippen molar-refractivity contribution in [2.45, 2.75) is 38.5 Å². The lowest BCUT2D eigenvalue weighted by atomic mass is 10.1. The van der Waals surface area contributed by atoms with Crippen molar-refractivity contribution in [2.75, 3.05) is 31.5 Å². The van der Waals surface area contributed by atoms with Crippen LogP contribution in [0.3, 0.4) is 0 Å². The quantitative estimate of drug-likeness (QED) is 0.896. The maximum Gasteiger partial charge on any atom is 0.317 e. The number of carbonyl (C=O) groups is 1. The van der Waals surface area contributed by atoms with Crippen LogP contribution in [0.5, 0.6) is 0 Å². The third-order valence-electron chi connectivity index (χ3n) is 4.25. The van der Waals surface area contributed by atoms with Crippen LogP contribution in [0, 0.1) is 0 Å². The molecule has 3 heterocycles. The Bertz CT molecular complexity index is 497. The van der Waals surface area contributed by atoms with E-state index in [4.69, 9.17) is 0 Å². The van der Waals surface area contributed by atoms with Gasteiger partial charge < -0.3 is 15.5 Å². The van der Waals surface area contributed by atoms with Crippen LogP contribution in [0.1, 0.15) is 36.9 Å². The van der Waals surface area contributed by atoms with Crippen molar-refractivity contribution in [3.05, 3.63) is 23.4 Å². The minimum absolute atomic E-state index is 0.0748. The Labute approximate surface area is 126 Å². The van der Waals surface area contributed by atoms with Gasteiger partial charge in [-0.15, -0.1) is 0 Å². The largest absolute Gasteiger partial charge is 0.370 e. The fourth-order valence-electron chi connectivity index (χ4n) is 3.01. The van der Waals surface area contributed by atoms with Crippen LogP contribution >= 0.6 is 0 Å². The summed E-state index contributed by atoms with van der Waals surface area (Å²) in [6, 6.07) is 4.32. The summed E-state index contributed by atoms with van der Waals surface area (Å²) >= 11 is 0. The first-order valence-electron chi connectivity index (χ1n) is 8.08. The van der Waals surface area contributed by atoms with Crippen molar-refractivity contribution < 1.29 is 4.79 Å². The average molecular weight is 288 g/mol. The van der Waals surface area contributed by atoms with Crippen LogP contribution in [0.15, 0.2) is 12.1 Å². The third kappa shape index (κ3) is 3.65. The number of urea groups is 1. The standard InChI is InChI=1S/C16H24N4O/c21-16(20-11-2-1-3-12-20)18-10-8-14-7-6-13-5-4-9-17-15(13)19-14/h6-7H,1-5,8-12H2,(H,17,19)(H,18,21). The summed E-state index contributed by atoms with van der Waals surface area (Å²) in [5.74, 6) is 1.03. The molecule has 2 aliphatic rings. The van der Waals surface area contributed by atoms with Crippen molar-refractivity contribution >= 4 is 11.8 Å². The van der Waals surface area contributed by atoms with E-state index in [0.717, 1.165) is 56.8 Å². The van der Waals surface area contributed by atoms with Gasteiger partial charge in [-0.1, -0.05) is 6.07 Å². The number of anilines is 1. The maximum absolute atomic E-state index is 12.0. The summed E-state index contributed by atoms with van der Waals surface area (Å²) in [6.07, 6.45) is 6.59. The van der Waals surface area contributed by atoms with E-state index < -0.39 is 0 Å². The zero-order chi connectivity index (χ0) is 14.5. The molecule has 2 N–H and O–H groups in total. The van der Waals surface area contributed by atoms with Gasteiger partial charge in [-0.05, 0) is 43.7 Å². The number of carbonyl (C=O) groups excluding carboxylic acids is 1. The fraction of sp³-hybridized carbons (Fsp3) is 0.625. The van der Waals surface area contributed by atoms with E-state index in [9.17, 15) is 4.79 Å². The highest BCUT2D eigenvalue weighted by molar-refractivity contribution is 5.74. The van der Waals surface area contributed by atoms with Gasteiger partial charge in [-0.25, -0.2) is 9.78 Å². The van der Waals surface area contributed by atoms with E-state index in [1.807, 2.05) is 4.90 Å². The number of pyridine rings is 1. The first-order chi connectivity index (χ1) is 10.3. The van der Waals surface area contributed by atoms with E-state index in [1.54, 1.807) is 0 Å². The van der Waals surface area contributed by atoms with Crippen LogP contribution in [0.4, 0.5) is 10.6 Å². The molecule has 1 aromatic heterocycles. The fourth-order valence-corrected chi connectivity index (χ4v) is 3.01. The first-order valence-corrected chi connectivity index (χ1v) is 8.08. The predicted molar refractivity (Wildman–Crippen MR) is 83.6 cm³/mol. The summed E-state index contributed by atoms with van der Waals surface area (Å²) in [5.41, 5.74) is 2.35. The summed E-state index contributed by atoms with van der Waals surface area (Å²) in [6.45, 7) is 3.45. The van der Waals surface area contributed by atoms with E-state index in [2.05, 4.69) is 27.8 Å². The highest BCUT2D eigenvalue weighted by Gasteiger charge is 2.16. The number of piperidine rings is 1. The lowest BCUT2D eigenvalue weighted by molar-refractivity contribution is 0.186. The first kappa shape index (κ1) is 14.2. The Hall–Kier alpha value is -1.78. The number of aromatic nitrogens is 1. The number of hydrogen-bond donors (Lipinski definition) is 2. The van der Waals surface area contributed by atoms with Crippen molar-refractivity contribution in [3.63, 3.8) is 0 Å². The second-order valence-corrected chi connectivity index (χ2v) is 5.87. The van der Waals surface area contributed by atoms with Crippen LogP contribution < -0.4 is 10.6 Å². The highest BCUT2D eigenvalue weighted by Crippen LogP contribution is 2.19. The Morgan fingerprint density at radius 1 is 1.24 bits per heavy atom. The molecule has 3 rings (SSSR count). The number of amides is 2. The Morgan fingerprint density at radius 3 is 2.95 bits per heavy atom. The number of fused-ring (bicyclic) bond motifs is 1. The smallest absolute Gasteiger partial charge is 0.317 e. The molecule has 2 amide bonds. The zero-order valence-electron chi connectivity index (χ0n) is 12.5. The number of hydrogen-bond acceptors (Lipinski definition) is 3. The molecule has 2 aliphatic heterocycles. The van der Waals surface area contributed by atoms with Crippen molar-refractivity contribution in [1.29, 1.82) is 0 Å². The zero-order valence-corrected chi connectivity index (χ0v) is 12.5. The second-order valence-electron chi connectivity index (χ2n) is 5.87. The second kappa shape index (κ2) is 6.78. The van der Waals surface area contributed by atoms with Gasteiger partial charge in [0.25, 0.3) is 0 Å². The number of aryl methyl sites for hydroxylation is 1. The van der Waals surface area contributed by atoms with Crippen molar-refractivity contribution in [3.8, 4) is 0 Å². The minimum atomic E-state index is 0.0748. The molecule has 0 spiro atoms. The van der Waals surface area contributed by atoms with Gasteiger partial charge in [-0.2, -0.15) is 0 Å². The van der Waals surface area contributed by atoms with Gasteiger partial charge in [-0.3, -0.25) is 0 Å². The number of likely N-dealkylation sites (tertiary alicyclic amines) is 1. The van der Waals surface area contributed by atoms with Crippen LogP contribution in [0.25, 0.3) is 0 Å².